The Hall–Kier alpha value is -2.14. The molecule has 1 saturated heterocycles. The van der Waals surface area contributed by atoms with Gasteiger partial charge in [0.25, 0.3) is 0 Å². The monoisotopic (exact) mass is 670 g/mol. The molecule has 0 bridgehead atoms. The van der Waals surface area contributed by atoms with Gasteiger partial charge in [-0.05, 0) is 60.4 Å². The van der Waals surface area contributed by atoms with Gasteiger partial charge in [0.05, 0.1) is 6.04 Å². The van der Waals surface area contributed by atoms with Crippen LogP contribution in [0, 0.1) is 5.92 Å². The fourth-order valence-corrected chi connectivity index (χ4v) is 8.04. The van der Waals surface area contributed by atoms with E-state index in [-0.39, 0.29) is 17.9 Å². The van der Waals surface area contributed by atoms with Crippen LogP contribution in [0.5, 0.6) is 0 Å². The van der Waals surface area contributed by atoms with E-state index < -0.39 is 17.4 Å². The maximum Gasteiger partial charge on any atom is 0.245 e. The molecular weight excluding hydrogens is 618 g/mol. The van der Waals surface area contributed by atoms with Gasteiger partial charge in [-0.25, -0.2) is 0 Å². The zero-order valence-corrected chi connectivity index (χ0v) is 29.0. The highest BCUT2D eigenvalue weighted by Gasteiger charge is 2.34. The Bertz CT molecular complexity index is 1250. The molecule has 2 unspecified atom stereocenters. The predicted molar refractivity (Wildman–Crippen MR) is 189 cm³/mol. The number of carbonyl (C=O) groups excluding carboxylic acids is 2. The molecule has 4 atom stereocenters. The van der Waals surface area contributed by atoms with Crippen molar-refractivity contribution >= 4 is 34.8 Å². The molecule has 2 heterocycles. The second-order valence-electron chi connectivity index (χ2n) is 13.4. The van der Waals surface area contributed by atoms with Crippen LogP contribution in [-0.4, -0.2) is 83.3 Å². The highest BCUT2D eigenvalue weighted by molar-refractivity contribution is 7.88. The third-order valence-electron chi connectivity index (χ3n) is 10.1. The quantitative estimate of drug-likeness (QED) is 0.168. The number of rotatable bonds is 14. The lowest BCUT2D eigenvalue weighted by molar-refractivity contribution is -0.138. The van der Waals surface area contributed by atoms with Gasteiger partial charge in [0.15, 0.2) is 6.26 Å². The van der Waals surface area contributed by atoms with Crippen molar-refractivity contribution in [1.29, 1.82) is 0 Å². The highest BCUT2D eigenvalue weighted by Crippen LogP contribution is 2.30. The molecule has 2 aliphatic heterocycles. The Labute approximate surface area is 283 Å². The first-order chi connectivity index (χ1) is 22.4. The summed E-state index contributed by atoms with van der Waals surface area (Å²) in [6.45, 7) is 4.56. The first-order valence-corrected chi connectivity index (χ1v) is 19.3. The molecule has 2 fully saturated rings. The molecule has 0 radical (unpaired) electrons. The first kappa shape index (κ1) is 35.2. The highest BCUT2D eigenvalue weighted by atomic mass is 35.5. The van der Waals surface area contributed by atoms with Gasteiger partial charge in [0.1, 0.15) is 6.04 Å². The lowest BCUT2D eigenvalue weighted by atomic mass is 9.83. The van der Waals surface area contributed by atoms with Crippen LogP contribution >= 0.6 is 11.6 Å². The van der Waals surface area contributed by atoms with Crippen molar-refractivity contribution in [3.05, 3.63) is 70.2 Å². The number of piperazine rings is 1. The van der Waals surface area contributed by atoms with Crippen LogP contribution in [0.25, 0.3) is 0 Å². The molecule has 252 valence electrons. The van der Waals surface area contributed by atoms with Gasteiger partial charge in [0, 0.05) is 56.8 Å². The standard InChI is InChI=1S/C36H52ClN5O3S/c1-46(45)39-18-8-7-13-32(23-27-9-3-2-4-10-27)41-19-21-42(22-20-41)36(44)34(24-28-14-16-31(37)17-15-28)40-35(43)33-25-29-11-5-6-12-30(29)26-38-33/h5-6,11-12,14-17,27,32-34,38-39,45H,2-4,7-10,13,18-26H2,1H3/p+1/t32?,33-,34-,46?/m1/s1. The molecule has 0 spiro atoms. The molecule has 5 rings (SSSR count). The van der Waals surface area contributed by atoms with Crippen molar-refractivity contribution in [2.75, 3.05) is 39.0 Å². The van der Waals surface area contributed by atoms with E-state index in [0.717, 1.165) is 50.4 Å². The summed E-state index contributed by atoms with van der Waals surface area (Å²) in [7, 11) is 0. The lowest BCUT2D eigenvalue weighted by Crippen LogP contribution is -2.59. The number of hydrogen-bond donors (Lipinski definition) is 4. The molecule has 4 N–H and O–H groups in total. The third-order valence-corrected chi connectivity index (χ3v) is 11.0. The van der Waals surface area contributed by atoms with E-state index in [1.807, 2.05) is 41.3 Å². The molecule has 8 nitrogen and oxygen atoms in total. The molecule has 3 aliphatic rings. The minimum Gasteiger partial charge on any atom is -0.343 e. The SMILES string of the molecule is C[S+](O)NCCCCC(CC1CCCCC1)N1CCN(C(=O)[C@@H](Cc2ccc(Cl)cc2)NC(=O)[C@H]2Cc3ccccc3CN2)CC1. The second-order valence-corrected chi connectivity index (χ2v) is 15.1. The normalized spacial score (nSPS) is 21.3. The third kappa shape index (κ3) is 10.4. The average Bonchev–Trinajstić information content (AvgIpc) is 3.08. The zero-order valence-electron chi connectivity index (χ0n) is 27.4. The molecular formula is C36H53ClN5O3S+. The predicted octanol–water partition coefficient (Wildman–Crippen LogP) is 4.96. The van der Waals surface area contributed by atoms with Gasteiger partial charge in [-0.15, -0.1) is 4.72 Å². The van der Waals surface area contributed by atoms with Crippen molar-refractivity contribution in [2.24, 2.45) is 5.92 Å². The van der Waals surface area contributed by atoms with Gasteiger partial charge >= 0.3 is 0 Å². The van der Waals surface area contributed by atoms with Crippen LogP contribution in [0.1, 0.15) is 74.5 Å². The van der Waals surface area contributed by atoms with E-state index in [2.05, 4.69) is 32.4 Å². The number of amides is 2. The number of benzene rings is 2. The minimum atomic E-state index is -0.715. The summed E-state index contributed by atoms with van der Waals surface area (Å²) >= 11 is 5.43. The lowest BCUT2D eigenvalue weighted by Gasteiger charge is -2.42. The molecule has 10 heteroatoms. The number of fused-ring (bicyclic) bond motifs is 1. The van der Waals surface area contributed by atoms with Crippen LogP contribution in [0.15, 0.2) is 48.5 Å². The fourth-order valence-electron chi connectivity index (χ4n) is 7.48. The van der Waals surface area contributed by atoms with Crippen LogP contribution in [0.4, 0.5) is 0 Å². The zero-order chi connectivity index (χ0) is 32.3. The topological polar surface area (TPSA) is 96.9 Å². The number of nitrogens with one attached hydrogen (secondary N) is 3. The van der Waals surface area contributed by atoms with Crippen LogP contribution in [-0.2, 0) is 40.3 Å². The van der Waals surface area contributed by atoms with Crippen molar-refractivity contribution in [1.82, 2.24) is 25.2 Å². The van der Waals surface area contributed by atoms with Gasteiger partial charge in [-0.2, -0.15) is 4.55 Å². The number of unbranched alkanes of at least 4 members (excludes halogenated alkanes) is 1. The van der Waals surface area contributed by atoms with Crippen molar-refractivity contribution in [3.8, 4) is 0 Å². The maximum absolute atomic E-state index is 14.1. The van der Waals surface area contributed by atoms with Gasteiger partial charge in [-0.1, -0.05) is 86.5 Å². The van der Waals surface area contributed by atoms with E-state index in [4.69, 9.17) is 11.6 Å². The number of carbonyl (C=O) groups is 2. The molecule has 0 aromatic heterocycles. The summed E-state index contributed by atoms with van der Waals surface area (Å²) in [5.74, 6) is 0.668. The smallest absolute Gasteiger partial charge is 0.245 e. The average molecular weight is 671 g/mol. The van der Waals surface area contributed by atoms with Crippen molar-refractivity contribution < 1.29 is 14.1 Å². The first-order valence-electron chi connectivity index (χ1n) is 17.3. The van der Waals surface area contributed by atoms with Crippen LogP contribution in [0.3, 0.4) is 0 Å². The second kappa shape index (κ2) is 17.9. The molecule has 1 saturated carbocycles. The van der Waals surface area contributed by atoms with Crippen molar-refractivity contribution in [2.45, 2.75) is 95.3 Å². The Morgan fingerprint density at radius 2 is 1.72 bits per heavy atom. The summed E-state index contributed by atoms with van der Waals surface area (Å²) < 4.78 is 12.7. The summed E-state index contributed by atoms with van der Waals surface area (Å²) in [5.41, 5.74) is 3.37. The Morgan fingerprint density at radius 1 is 1.00 bits per heavy atom. The van der Waals surface area contributed by atoms with Gasteiger partial charge < -0.3 is 15.5 Å². The Balaban J connectivity index is 1.20. The summed E-state index contributed by atoms with van der Waals surface area (Å²) in [4.78, 5) is 32.3. The van der Waals surface area contributed by atoms with Crippen molar-refractivity contribution in [3.63, 3.8) is 0 Å². The molecule has 2 aromatic carbocycles. The Kier molecular flexibility index (Phi) is 13.7. The molecule has 2 aromatic rings. The molecule has 1 aliphatic carbocycles. The minimum absolute atomic E-state index is 0.00646. The number of hydrogen-bond acceptors (Lipinski definition) is 6. The summed E-state index contributed by atoms with van der Waals surface area (Å²) in [6, 6.07) is 15.3. The van der Waals surface area contributed by atoms with E-state index >= 15 is 0 Å². The number of nitrogens with zero attached hydrogens (tertiary/aromatic N) is 2. The van der Waals surface area contributed by atoms with E-state index in [9.17, 15) is 14.1 Å². The summed E-state index contributed by atoms with van der Waals surface area (Å²) in [5, 5.41) is 7.18. The van der Waals surface area contributed by atoms with Crippen LogP contribution in [0.2, 0.25) is 5.02 Å². The van der Waals surface area contributed by atoms with E-state index in [1.54, 1.807) is 6.26 Å². The largest absolute Gasteiger partial charge is 0.343 e. The van der Waals surface area contributed by atoms with E-state index in [0.29, 0.717) is 43.5 Å². The van der Waals surface area contributed by atoms with Gasteiger partial charge in [-0.3, -0.25) is 14.5 Å². The van der Waals surface area contributed by atoms with E-state index in [1.165, 1.54) is 49.7 Å². The van der Waals surface area contributed by atoms with Crippen LogP contribution < -0.4 is 15.4 Å². The Morgan fingerprint density at radius 3 is 2.43 bits per heavy atom. The maximum atomic E-state index is 14.1. The number of halogens is 1. The molecule has 2 amide bonds. The fraction of sp³-hybridized carbons (Fsp3) is 0.611. The van der Waals surface area contributed by atoms with Gasteiger partial charge in [0.2, 0.25) is 23.2 Å². The summed E-state index contributed by atoms with van der Waals surface area (Å²) in [6.07, 6.45) is 14.2. The molecule has 46 heavy (non-hydrogen) atoms.